The third-order valence-corrected chi connectivity index (χ3v) is 9.25. The van der Waals surface area contributed by atoms with Gasteiger partial charge in [-0.2, -0.15) is 0 Å². The zero-order valence-corrected chi connectivity index (χ0v) is 35.3. The molecule has 0 bridgehead atoms. The van der Waals surface area contributed by atoms with E-state index in [0.717, 1.165) is 70.6 Å². The molecule has 10 heteroatoms. The fourth-order valence-electron chi connectivity index (χ4n) is 5.17. The lowest BCUT2D eigenvalue weighted by Gasteiger charge is -2.19. The lowest BCUT2D eigenvalue weighted by atomic mass is 10.1. The smallest absolute Gasteiger partial charge is 0.462 e. The van der Waals surface area contributed by atoms with Gasteiger partial charge < -0.3 is 20.1 Å². The van der Waals surface area contributed by atoms with Crippen molar-refractivity contribution in [3.05, 3.63) is 85.1 Å². The van der Waals surface area contributed by atoms with Crippen molar-refractivity contribution in [1.29, 1.82) is 0 Å². The number of carbonyl (C=O) groups excluding carboxylic acids is 2. The number of hydrogen-bond acceptors (Lipinski definition) is 8. The van der Waals surface area contributed by atoms with Gasteiger partial charge in [0.1, 0.15) is 6.61 Å². The van der Waals surface area contributed by atoms with E-state index < -0.39 is 32.5 Å². The second-order valence-corrected chi connectivity index (χ2v) is 14.9. The Hall–Kier alpha value is -2.81. The van der Waals surface area contributed by atoms with Gasteiger partial charge in [-0.15, -0.1) is 0 Å². The largest absolute Gasteiger partial charge is 0.472 e. The first-order valence-corrected chi connectivity index (χ1v) is 22.6. The number of rotatable bonds is 38. The summed E-state index contributed by atoms with van der Waals surface area (Å²) >= 11 is 0. The van der Waals surface area contributed by atoms with Crippen LogP contribution in [0.15, 0.2) is 85.1 Å². The predicted molar refractivity (Wildman–Crippen MR) is 229 cm³/mol. The molecule has 0 spiro atoms. The Morgan fingerprint density at radius 1 is 0.564 bits per heavy atom. The van der Waals surface area contributed by atoms with Crippen molar-refractivity contribution in [3.8, 4) is 0 Å². The van der Waals surface area contributed by atoms with Crippen LogP contribution < -0.4 is 5.73 Å². The van der Waals surface area contributed by atoms with E-state index in [-0.39, 0.29) is 32.6 Å². The summed E-state index contributed by atoms with van der Waals surface area (Å²) < 4.78 is 32.7. The van der Waals surface area contributed by atoms with E-state index in [9.17, 15) is 19.0 Å². The number of phosphoric ester groups is 1. The summed E-state index contributed by atoms with van der Waals surface area (Å²) in [6.45, 7) is 3.50. The first-order valence-electron chi connectivity index (χ1n) is 21.1. The van der Waals surface area contributed by atoms with E-state index in [4.69, 9.17) is 24.3 Å². The third kappa shape index (κ3) is 40.7. The summed E-state index contributed by atoms with van der Waals surface area (Å²) in [4.78, 5) is 34.8. The average Bonchev–Trinajstić information content (AvgIpc) is 3.17. The molecule has 1 unspecified atom stereocenters. The topological polar surface area (TPSA) is 134 Å². The van der Waals surface area contributed by atoms with Crippen LogP contribution in [0.1, 0.15) is 155 Å². The molecule has 0 radical (unpaired) electrons. The summed E-state index contributed by atoms with van der Waals surface area (Å²) in [6.07, 6.45) is 50.4. The van der Waals surface area contributed by atoms with Crippen LogP contribution in [0, 0.1) is 0 Å². The molecule has 9 nitrogen and oxygen atoms in total. The highest BCUT2D eigenvalue weighted by molar-refractivity contribution is 7.47. The maximum atomic E-state index is 12.6. The Bertz CT molecular complexity index is 1170. The zero-order chi connectivity index (χ0) is 40.3. The number of carbonyl (C=O) groups is 2. The highest BCUT2D eigenvalue weighted by Crippen LogP contribution is 2.43. The molecular formula is C45H76NO8P. The molecule has 0 fully saturated rings. The molecule has 0 saturated carbocycles. The van der Waals surface area contributed by atoms with Gasteiger partial charge in [0.2, 0.25) is 0 Å². The van der Waals surface area contributed by atoms with Gasteiger partial charge in [-0.3, -0.25) is 18.6 Å². The highest BCUT2D eigenvalue weighted by atomic mass is 31.2. The van der Waals surface area contributed by atoms with Gasteiger partial charge in [0.15, 0.2) is 6.10 Å². The van der Waals surface area contributed by atoms with E-state index in [2.05, 4.69) is 92.8 Å². The molecule has 314 valence electrons. The molecule has 0 saturated heterocycles. The molecule has 0 amide bonds. The summed E-state index contributed by atoms with van der Waals surface area (Å²) in [6, 6.07) is 0. The molecule has 55 heavy (non-hydrogen) atoms. The number of esters is 2. The zero-order valence-electron chi connectivity index (χ0n) is 34.4. The minimum absolute atomic E-state index is 0.0399. The predicted octanol–water partition coefficient (Wildman–Crippen LogP) is 12.0. The van der Waals surface area contributed by atoms with Gasteiger partial charge >= 0.3 is 19.8 Å². The van der Waals surface area contributed by atoms with Crippen molar-refractivity contribution in [1.82, 2.24) is 0 Å². The number of ether oxygens (including phenoxy) is 2. The Morgan fingerprint density at radius 2 is 1.02 bits per heavy atom. The van der Waals surface area contributed by atoms with Crippen molar-refractivity contribution in [2.45, 2.75) is 161 Å². The third-order valence-electron chi connectivity index (χ3n) is 8.27. The number of unbranched alkanes of at least 4 members (excludes halogenated alkanes) is 11. The number of nitrogens with two attached hydrogens (primary N) is 1. The van der Waals surface area contributed by atoms with E-state index in [0.29, 0.717) is 12.8 Å². The Balaban J connectivity index is 4.30. The summed E-state index contributed by atoms with van der Waals surface area (Å²) in [5, 5.41) is 0. The molecule has 0 aromatic heterocycles. The number of hydrogen-bond donors (Lipinski definition) is 2. The van der Waals surface area contributed by atoms with Crippen LogP contribution in [0.5, 0.6) is 0 Å². The van der Waals surface area contributed by atoms with Gasteiger partial charge in [0, 0.05) is 19.4 Å². The Kier molecular flexibility index (Phi) is 38.8. The molecule has 0 rings (SSSR count). The van der Waals surface area contributed by atoms with Gasteiger partial charge in [-0.1, -0.05) is 144 Å². The van der Waals surface area contributed by atoms with Crippen molar-refractivity contribution in [3.63, 3.8) is 0 Å². The van der Waals surface area contributed by atoms with E-state index in [1.165, 1.54) is 44.9 Å². The first-order chi connectivity index (χ1) is 26.8. The first kappa shape index (κ1) is 52.2. The van der Waals surface area contributed by atoms with E-state index >= 15 is 0 Å². The summed E-state index contributed by atoms with van der Waals surface area (Å²) in [5.74, 6) is -0.914. The number of phosphoric acid groups is 1. The van der Waals surface area contributed by atoms with Crippen LogP contribution in [0.4, 0.5) is 0 Å². The molecule has 0 aliphatic rings. The van der Waals surface area contributed by atoms with Crippen molar-refractivity contribution in [2.24, 2.45) is 5.73 Å². The van der Waals surface area contributed by atoms with Crippen LogP contribution in [0.3, 0.4) is 0 Å². The van der Waals surface area contributed by atoms with Gasteiger partial charge in [-0.05, 0) is 83.5 Å². The summed E-state index contributed by atoms with van der Waals surface area (Å²) in [5.41, 5.74) is 5.34. The molecule has 3 N–H and O–H groups in total. The van der Waals surface area contributed by atoms with Crippen molar-refractivity contribution in [2.75, 3.05) is 26.4 Å². The Labute approximate surface area is 334 Å². The monoisotopic (exact) mass is 790 g/mol. The minimum atomic E-state index is -4.40. The number of allylic oxidation sites excluding steroid dienone is 14. The van der Waals surface area contributed by atoms with Gasteiger partial charge in [0.05, 0.1) is 13.2 Å². The van der Waals surface area contributed by atoms with Crippen LogP contribution in [0.2, 0.25) is 0 Å². The van der Waals surface area contributed by atoms with Crippen LogP contribution in [-0.4, -0.2) is 49.3 Å². The molecule has 0 aliphatic heterocycles. The SMILES string of the molecule is CC/C=C\C/C=C\C/C=C\C/C=C\C/C=C\CCCC(=O)OC[C@H](COP(=O)(O)OCCN)OC(=O)CCCCCCCCC/C=C\C/C=C\CCCCC. The van der Waals surface area contributed by atoms with Crippen molar-refractivity contribution < 1.29 is 37.6 Å². The van der Waals surface area contributed by atoms with Gasteiger partial charge in [0.25, 0.3) is 0 Å². The lowest BCUT2D eigenvalue weighted by Crippen LogP contribution is -2.29. The summed E-state index contributed by atoms with van der Waals surface area (Å²) in [7, 11) is -4.40. The maximum absolute atomic E-state index is 12.6. The molecule has 0 aromatic carbocycles. The maximum Gasteiger partial charge on any atom is 0.472 e. The highest BCUT2D eigenvalue weighted by Gasteiger charge is 2.25. The molecule has 2 atom stereocenters. The Morgan fingerprint density at radius 3 is 1.55 bits per heavy atom. The molecular weight excluding hydrogens is 713 g/mol. The van der Waals surface area contributed by atoms with Crippen LogP contribution >= 0.6 is 7.82 Å². The fraction of sp³-hybridized carbons (Fsp3) is 0.644. The second-order valence-electron chi connectivity index (χ2n) is 13.5. The van der Waals surface area contributed by atoms with Crippen LogP contribution in [-0.2, 0) is 32.7 Å². The standard InChI is InChI=1S/C45H76NO8P/c1-3-5-7-9-11-13-15-17-19-21-23-25-27-29-31-33-35-37-44(47)51-41-43(42-53-55(49,50)52-40-39-46)54-45(48)38-36-34-32-30-28-26-24-22-20-18-16-14-12-10-8-6-4-2/h5,7,11-14,17-20,23,25,29,31,43H,3-4,6,8-10,15-16,21-22,24,26-28,30,32-42,46H2,1-2H3,(H,49,50)/b7-5-,13-11-,14-12-,19-17-,20-18-,25-23-,31-29-/t43-/m1/s1. The van der Waals surface area contributed by atoms with Gasteiger partial charge in [-0.25, -0.2) is 4.57 Å². The lowest BCUT2D eigenvalue weighted by molar-refractivity contribution is -0.161. The molecule has 0 aliphatic carbocycles. The normalized spacial score (nSPS) is 14.2. The van der Waals surface area contributed by atoms with Crippen LogP contribution in [0.25, 0.3) is 0 Å². The van der Waals surface area contributed by atoms with Crippen molar-refractivity contribution >= 4 is 19.8 Å². The second kappa shape index (κ2) is 40.8. The average molecular weight is 790 g/mol. The quantitative estimate of drug-likeness (QED) is 0.0271. The van der Waals surface area contributed by atoms with E-state index in [1.54, 1.807) is 0 Å². The fourth-order valence-corrected chi connectivity index (χ4v) is 5.93. The molecule has 0 aromatic rings. The molecule has 0 heterocycles. The van der Waals surface area contributed by atoms with E-state index in [1.807, 2.05) is 6.08 Å². The minimum Gasteiger partial charge on any atom is -0.462 e.